The molecule has 0 aliphatic carbocycles. The van der Waals surface area contributed by atoms with Crippen LogP contribution in [0.2, 0.25) is 0 Å². The summed E-state index contributed by atoms with van der Waals surface area (Å²) in [6.07, 6.45) is 2.10. The highest BCUT2D eigenvalue weighted by molar-refractivity contribution is 5.20. The van der Waals surface area contributed by atoms with Crippen molar-refractivity contribution in [2.75, 3.05) is 19.8 Å². The van der Waals surface area contributed by atoms with Crippen molar-refractivity contribution >= 4 is 0 Å². The summed E-state index contributed by atoms with van der Waals surface area (Å²) in [4.78, 5) is 0. The van der Waals surface area contributed by atoms with Gasteiger partial charge in [-0.15, -0.1) is 0 Å². The van der Waals surface area contributed by atoms with Crippen molar-refractivity contribution in [3.63, 3.8) is 0 Å². The smallest absolute Gasteiger partial charge is 0.119 e. The zero-order valence-electron chi connectivity index (χ0n) is 8.66. The van der Waals surface area contributed by atoms with Crippen LogP contribution >= 0.6 is 0 Å². The van der Waals surface area contributed by atoms with E-state index in [1.54, 1.807) is 0 Å². The molecule has 0 aliphatic rings. The van der Waals surface area contributed by atoms with Crippen LogP contribution in [-0.2, 0) is 4.74 Å². The van der Waals surface area contributed by atoms with E-state index in [0.717, 1.165) is 38.4 Å². The van der Waals surface area contributed by atoms with Crippen LogP contribution < -0.4 is 4.74 Å². The van der Waals surface area contributed by atoms with Crippen LogP contribution in [0, 0.1) is 6.07 Å². The molecule has 0 aliphatic heterocycles. The third kappa shape index (κ3) is 4.87. The number of rotatable bonds is 7. The van der Waals surface area contributed by atoms with E-state index < -0.39 is 0 Å². The molecule has 0 bridgehead atoms. The van der Waals surface area contributed by atoms with Crippen LogP contribution in [0.4, 0.5) is 0 Å². The van der Waals surface area contributed by atoms with Crippen LogP contribution in [0.15, 0.2) is 24.3 Å². The fraction of sp³-hybridized carbons (Fsp3) is 0.500. The van der Waals surface area contributed by atoms with Gasteiger partial charge in [0.2, 0.25) is 0 Å². The lowest BCUT2D eigenvalue weighted by Crippen LogP contribution is -2.00. The molecule has 1 radical (unpaired) electrons. The summed E-state index contributed by atoms with van der Waals surface area (Å²) in [7, 11) is 0. The zero-order valence-corrected chi connectivity index (χ0v) is 8.66. The molecule has 2 nitrogen and oxygen atoms in total. The molecule has 0 unspecified atom stereocenters. The molecule has 0 heterocycles. The van der Waals surface area contributed by atoms with Crippen LogP contribution in [-0.4, -0.2) is 19.8 Å². The minimum Gasteiger partial charge on any atom is -0.494 e. The highest BCUT2D eigenvalue weighted by Crippen LogP contribution is 2.08. The Morgan fingerprint density at radius 2 is 1.86 bits per heavy atom. The summed E-state index contributed by atoms with van der Waals surface area (Å²) in [5.74, 6) is 0.917. The van der Waals surface area contributed by atoms with E-state index in [1.807, 2.05) is 31.2 Å². The van der Waals surface area contributed by atoms with Gasteiger partial charge >= 0.3 is 0 Å². The second-order valence-electron chi connectivity index (χ2n) is 2.99. The van der Waals surface area contributed by atoms with Crippen molar-refractivity contribution in [2.24, 2.45) is 0 Å². The highest BCUT2D eigenvalue weighted by Gasteiger charge is 1.91. The van der Waals surface area contributed by atoms with Gasteiger partial charge in [0.15, 0.2) is 0 Å². The number of hydrogen-bond donors (Lipinski definition) is 0. The molecule has 0 aromatic heterocycles. The second-order valence-corrected chi connectivity index (χ2v) is 2.99. The van der Waals surface area contributed by atoms with Crippen LogP contribution in [0.5, 0.6) is 5.75 Å². The molecule has 1 rings (SSSR count). The Labute approximate surface area is 85.8 Å². The van der Waals surface area contributed by atoms with E-state index in [1.165, 1.54) is 0 Å². The van der Waals surface area contributed by atoms with Gasteiger partial charge in [0.25, 0.3) is 0 Å². The first kappa shape index (κ1) is 11.1. The van der Waals surface area contributed by atoms with Gasteiger partial charge in [-0.25, -0.2) is 0 Å². The summed E-state index contributed by atoms with van der Waals surface area (Å²) in [5, 5.41) is 0. The Bertz CT molecular complexity index is 221. The average molecular weight is 193 g/mol. The molecular formula is C12H17O2. The van der Waals surface area contributed by atoms with Crippen molar-refractivity contribution in [3.05, 3.63) is 30.3 Å². The molecule has 0 saturated heterocycles. The first-order valence-electron chi connectivity index (χ1n) is 5.10. The third-order valence-electron chi connectivity index (χ3n) is 1.84. The van der Waals surface area contributed by atoms with E-state index in [4.69, 9.17) is 9.47 Å². The predicted octanol–water partition coefficient (Wildman–Crippen LogP) is 2.68. The number of benzene rings is 1. The molecule has 0 saturated carbocycles. The quantitative estimate of drug-likeness (QED) is 0.620. The lowest BCUT2D eigenvalue weighted by molar-refractivity contribution is 0.138. The maximum absolute atomic E-state index is 5.51. The number of hydrogen-bond acceptors (Lipinski definition) is 2. The minimum absolute atomic E-state index is 0.761. The van der Waals surface area contributed by atoms with E-state index in [9.17, 15) is 0 Å². The maximum Gasteiger partial charge on any atom is 0.119 e. The number of ether oxygens (including phenoxy) is 2. The van der Waals surface area contributed by atoms with Crippen LogP contribution in [0.25, 0.3) is 0 Å². The second kappa shape index (κ2) is 7.39. The van der Waals surface area contributed by atoms with Gasteiger partial charge in [-0.1, -0.05) is 12.1 Å². The largest absolute Gasteiger partial charge is 0.494 e. The van der Waals surface area contributed by atoms with Gasteiger partial charge in [-0.2, -0.15) is 0 Å². The highest BCUT2D eigenvalue weighted by atomic mass is 16.5. The Morgan fingerprint density at radius 3 is 2.57 bits per heavy atom. The third-order valence-corrected chi connectivity index (χ3v) is 1.84. The summed E-state index contributed by atoms with van der Waals surface area (Å²) in [5.41, 5.74) is 0. The summed E-state index contributed by atoms with van der Waals surface area (Å²) < 4.78 is 10.7. The van der Waals surface area contributed by atoms with Crippen molar-refractivity contribution in [3.8, 4) is 5.75 Å². The zero-order chi connectivity index (χ0) is 10.1. The molecule has 1 aromatic rings. The van der Waals surface area contributed by atoms with E-state index >= 15 is 0 Å². The summed E-state index contributed by atoms with van der Waals surface area (Å²) in [6.45, 7) is 4.41. The molecule has 1 aromatic carbocycles. The van der Waals surface area contributed by atoms with Crippen LogP contribution in [0.1, 0.15) is 19.8 Å². The topological polar surface area (TPSA) is 18.5 Å². The van der Waals surface area contributed by atoms with E-state index in [2.05, 4.69) is 6.07 Å². The lowest BCUT2D eigenvalue weighted by Gasteiger charge is -2.05. The number of unbranched alkanes of at least 4 members (excludes halogenated alkanes) is 1. The molecule has 77 valence electrons. The van der Waals surface area contributed by atoms with Gasteiger partial charge in [-0.05, 0) is 38.0 Å². The van der Waals surface area contributed by atoms with Crippen LogP contribution in [0.3, 0.4) is 0 Å². The Balaban J connectivity index is 1.99. The molecular weight excluding hydrogens is 176 g/mol. The van der Waals surface area contributed by atoms with Gasteiger partial charge in [0, 0.05) is 13.2 Å². The Kier molecular flexibility index (Phi) is 5.84. The first-order chi connectivity index (χ1) is 6.93. The van der Waals surface area contributed by atoms with Gasteiger partial charge < -0.3 is 9.47 Å². The molecule has 0 atom stereocenters. The lowest BCUT2D eigenvalue weighted by atomic mass is 10.3. The van der Waals surface area contributed by atoms with E-state index in [0.29, 0.717) is 0 Å². The van der Waals surface area contributed by atoms with Crippen molar-refractivity contribution in [1.29, 1.82) is 0 Å². The summed E-state index contributed by atoms with van der Waals surface area (Å²) >= 11 is 0. The van der Waals surface area contributed by atoms with Gasteiger partial charge in [0.05, 0.1) is 6.61 Å². The van der Waals surface area contributed by atoms with E-state index in [-0.39, 0.29) is 0 Å². The van der Waals surface area contributed by atoms with Crippen molar-refractivity contribution in [2.45, 2.75) is 19.8 Å². The molecule has 14 heavy (non-hydrogen) atoms. The Hall–Kier alpha value is -1.02. The SMILES string of the molecule is CCOCCCCOc1cc[c]cc1. The van der Waals surface area contributed by atoms with Gasteiger partial charge in [0.1, 0.15) is 5.75 Å². The maximum atomic E-state index is 5.51. The normalized spacial score (nSPS) is 10.1. The average Bonchev–Trinajstić information content (AvgIpc) is 2.25. The molecule has 2 heteroatoms. The fourth-order valence-corrected chi connectivity index (χ4v) is 1.11. The fourth-order valence-electron chi connectivity index (χ4n) is 1.11. The first-order valence-corrected chi connectivity index (χ1v) is 5.10. The molecule has 0 amide bonds. The summed E-state index contributed by atoms with van der Waals surface area (Å²) in [6, 6.07) is 10.5. The van der Waals surface area contributed by atoms with Crippen molar-refractivity contribution in [1.82, 2.24) is 0 Å². The molecule has 0 spiro atoms. The van der Waals surface area contributed by atoms with Crippen molar-refractivity contribution < 1.29 is 9.47 Å². The molecule has 0 N–H and O–H groups in total. The van der Waals surface area contributed by atoms with Gasteiger partial charge in [-0.3, -0.25) is 0 Å². The predicted molar refractivity (Wildman–Crippen MR) is 56.5 cm³/mol. The molecule has 0 fully saturated rings. The standard InChI is InChI=1S/C12H17O2/c1-2-13-10-6-7-11-14-12-8-4-3-5-9-12/h4-5,8-9H,2,6-7,10-11H2,1H3. The Morgan fingerprint density at radius 1 is 1.14 bits per heavy atom. The minimum atomic E-state index is 0.761. The monoisotopic (exact) mass is 193 g/mol.